The summed E-state index contributed by atoms with van der Waals surface area (Å²) in [5.41, 5.74) is 20.0. The summed E-state index contributed by atoms with van der Waals surface area (Å²) in [6.07, 6.45) is 0.689. The first-order valence-electron chi connectivity index (χ1n) is 35.6. The van der Waals surface area contributed by atoms with Gasteiger partial charge in [0, 0.05) is 67.0 Å². The van der Waals surface area contributed by atoms with E-state index in [0.717, 1.165) is 34.1 Å². The van der Waals surface area contributed by atoms with E-state index in [4.69, 9.17) is 0 Å². The lowest BCUT2D eigenvalue weighted by molar-refractivity contribution is 1.15. The van der Waals surface area contributed by atoms with Gasteiger partial charge in [-0.1, -0.05) is 261 Å². The van der Waals surface area contributed by atoms with Crippen molar-refractivity contribution in [2.24, 2.45) is 0 Å². The summed E-state index contributed by atoms with van der Waals surface area (Å²) in [4.78, 5) is 5.31. The first-order chi connectivity index (χ1) is 50.6. The summed E-state index contributed by atoms with van der Waals surface area (Å²) >= 11 is 0. The van der Waals surface area contributed by atoms with Crippen molar-refractivity contribution in [3.63, 3.8) is 0 Å². The largest absolute Gasteiger partial charge is 0.311 e. The summed E-state index contributed by atoms with van der Waals surface area (Å²) < 4.78 is 4.99. The Bertz CT molecular complexity index is 6720. The van der Waals surface area contributed by atoms with E-state index in [2.05, 4.69) is 365 Å². The molecular weight excluding hydrogens is 1230 g/mol. The van der Waals surface area contributed by atoms with E-state index in [9.17, 15) is 0 Å². The predicted octanol–water partition coefficient (Wildman–Crippen LogP) is 23.9. The van der Waals surface area contributed by atoms with E-state index in [1.165, 1.54) is 179 Å². The number of benzene rings is 19. The Morgan fingerprint density at radius 1 is 0.186 bits per heavy atom. The molecule has 0 atom stereocenters. The molecule has 4 nitrogen and oxygen atoms in total. The highest BCUT2D eigenvalue weighted by Crippen LogP contribution is 2.50. The van der Waals surface area contributed by atoms with Crippen molar-refractivity contribution in [1.82, 2.24) is 9.13 Å². The number of rotatable bonds is 6. The van der Waals surface area contributed by atoms with Crippen molar-refractivity contribution in [2.45, 2.75) is 6.42 Å². The van der Waals surface area contributed by atoms with Crippen LogP contribution in [0.4, 0.5) is 34.1 Å². The molecule has 2 aliphatic heterocycles. The van der Waals surface area contributed by atoms with Gasteiger partial charge in [0.05, 0.1) is 22.1 Å². The average Bonchev–Trinajstić information content (AvgIpc) is 0.865. The molecule has 21 aromatic rings. The second-order valence-electron chi connectivity index (χ2n) is 28.2. The van der Waals surface area contributed by atoms with Gasteiger partial charge in [0.15, 0.2) is 0 Å². The Hall–Kier alpha value is -13.2. The quantitative estimate of drug-likeness (QED) is 0.122. The van der Waals surface area contributed by atoms with Gasteiger partial charge in [-0.2, -0.15) is 0 Å². The number of nitrogens with zero attached hydrogens (tertiary/aromatic N) is 4. The molecule has 4 heterocycles. The summed E-state index contributed by atoms with van der Waals surface area (Å²) in [5, 5.41) is 27.6. The highest BCUT2D eigenvalue weighted by atomic mass is 15.2. The summed E-state index contributed by atoms with van der Waals surface area (Å²) in [6.45, 7) is -0.184. The highest BCUT2D eigenvalue weighted by Gasteiger charge is 2.44. The van der Waals surface area contributed by atoms with Crippen molar-refractivity contribution < 1.29 is 0 Å². The van der Waals surface area contributed by atoms with Crippen LogP contribution >= 0.6 is 0 Å². The molecule has 0 saturated heterocycles. The van der Waals surface area contributed by atoms with Crippen LogP contribution in [0.3, 0.4) is 0 Å². The molecule has 2 aliphatic rings. The zero-order chi connectivity index (χ0) is 66.4. The molecule has 5 heteroatoms. The second-order valence-corrected chi connectivity index (χ2v) is 28.2. The molecule has 0 bridgehead atoms. The number of para-hydroxylation sites is 4. The van der Waals surface area contributed by atoms with Gasteiger partial charge in [-0.15, -0.1) is 0 Å². The van der Waals surface area contributed by atoms with E-state index in [1.807, 2.05) is 0 Å². The molecule has 0 aliphatic carbocycles. The van der Waals surface area contributed by atoms with Crippen molar-refractivity contribution in [3.8, 4) is 11.4 Å². The first kappa shape index (κ1) is 55.7. The molecule has 0 amide bonds. The molecule has 2 aromatic heterocycles. The maximum absolute atomic E-state index is 2.66. The summed E-state index contributed by atoms with van der Waals surface area (Å²) in [7, 11) is 0. The van der Waals surface area contributed by atoms with Crippen LogP contribution in [0.1, 0.15) is 11.1 Å². The van der Waals surface area contributed by atoms with Crippen LogP contribution in [0.5, 0.6) is 0 Å². The molecule has 23 rings (SSSR count). The third-order valence-electron chi connectivity index (χ3n) is 23.0. The van der Waals surface area contributed by atoms with E-state index < -0.39 is 0 Å². The maximum Gasteiger partial charge on any atom is 0.252 e. The molecule has 19 aromatic carbocycles. The van der Waals surface area contributed by atoms with Crippen LogP contribution in [0.25, 0.3) is 152 Å². The molecule has 0 saturated carbocycles. The van der Waals surface area contributed by atoms with E-state index in [0.29, 0.717) is 6.42 Å². The normalized spacial score (nSPS) is 12.9. The number of fused-ring (bicyclic) bond motifs is 28. The third-order valence-corrected chi connectivity index (χ3v) is 23.0. The van der Waals surface area contributed by atoms with Gasteiger partial charge < -0.3 is 18.9 Å². The maximum atomic E-state index is 2.66. The fourth-order valence-corrected chi connectivity index (χ4v) is 18.7. The Morgan fingerprint density at radius 2 is 0.451 bits per heavy atom. The molecule has 0 spiro atoms. The van der Waals surface area contributed by atoms with E-state index in [1.54, 1.807) is 0 Å². The Balaban J connectivity index is 0.850. The van der Waals surface area contributed by atoms with Gasteiger partial charge in [0.1, 0.15) is 0 Å². The second kappa shape index (κ2) is 21.2. The molecule has 0 N–H and O–H groups in total. The number of hydrogen-bond acceptors (Lipinski definition) is 2. The lowest BCUT2D eigenvalue weighted by Gasteiger charge is -2.45. The summed E-state index contributed by atoms with van der Waals surface area (Å²) in [5.74, 6) is 0. The van der Waals surface area contributed by atoms with Crippen molar-refractivity contribution in [3.05, 3.63) is 357 Å². The van der Waals surface area contributed by atoms with Crippen LogP contribution in [0, 0.1) is 0 Å². The average molecular weight is 1290 g/mol. The zero-order valence-electron chi connectivity index (χ0n) is 55.5. The lowest BCUT2D eigenvalue weighted by atomic mass is 9.33. The Labute approximate surface area is 587 Å². The van der Waals surface area contributed by atoms with Crippen LogP contribution in [0.2, 0.25) is 0 Å². The van der Waals surface area contributed by atoms with Gasteiger partial charge >= 0.3 is 0 Å². The van der Waals surface area contributed by atoms with Gasteiger partial charge in [-0.25, -0.2) is 0 Å². The summed E-state index contributed by atoms with van der Waals surface area (Å²) in [6, 6.07) is 131. The highest BCUT2D eigenvalue weighted by molar-refractivity contribution is 7.00. The molecule has 102 heavy (non-hydrogen) atoms. The number of hydrogen-bond donors (Lipinski definition) is 0. The topological polar surface area (TPSA) is 16.3 Å². The molecule has 0 fully saturated rings. The van der Waals surface area contributed by atoms with Crippen LogP contribution in [-0.2, 0) is 6.42 Å². The minimum Gasteiger partial charge on any atom is -0.311 e. The van der Waals surface area contributed by atoms with Crippen LogP contribution < -0.4 is 26.2 Å². The van der Waals surface area contributed by atoms with Crippen molar-refractivity contribution in [2.75, 3.05) is 9.80 Å². The van der Waals surface area contributed by atoms with E-state index in [-0.39, 0.29) is 6.71 Å². The van der Waals surface area contributed by atoms with Gasteiger partial charge in [0.2, 0.25) is 0 Å². The van der Waals surface area contributed by atoms with Crippen LogP contribution in [-0.4, -0.2) is 15.8 Å². The van der Waals surface area contributed by atoms with E-state index >= 15 is 0 Å². The fourth-order valence-electron chi connectivity index (χ4n) is 18.7. The minimum absolute atomic E-state index is 0.184. The molecule has 470 valence electrons. The smallest absolute Gasteiger partial charge is 0.252 e. The lowest BCUT2D eigenvalue weighted by Crippen LogP contribution is -2.61. The fraction of sp³-hybridized carbons (Fsp3) is 0.0103. The monoisotopic (exact) mass is 1290 g/mol. The molecule has 0 unspecified atom stereocenters. The Morgan fingerprint density at radius 3 is 0.784 bits per heavy atom. The standard InChI is InChI=1S/C97H59BN4/c1-4-27-71-65(21-1)68-24-7-10-30-74(68)84-52-59(41-46-77(71)84)51-60-53-95-97-96(54-60)102(62-43-48-79-73-29-6-3-23-67(73)70-26-9-12-32-76(70)86(79)56-62)94-58-64(100-91-39-19-15-35-82(91)83-36-16-20-40-92(83)100)45-50-88(94)98(97)87-49-44-63(99-89-37-17-13-33-80(89)81-34-14-18-38-90(81)99)57-93(87)101(95)61-42-47-78-72-28-5-2-22-66(72)69-25-8-11-31-75(69)85(78)55-61/h1-50,52-58H,51H2. The third kappa shape index (κ3) is 7.82. The molecular formula is C97H59BN4. The number of anilines is 6. The Kier molecular flexibility index (Phi) is 11.6. The first-order valence-corrected chi connectivity index (χ1v) is 35.6. The SMILES string of the molecule is c1ccc2c(c1)c1ccccc1c1cc(Cc3cc4c5c(c3)N(c3ccc6c7ccccc7c7ccccc7c6c3)c3cc(-n6c7ccccc7c7ccccc76)ccc3B5c3ccc(-n5c6ccccc6c6ccccc65)cc3N4c3ccc4c5ccccc5c5ccccc5c4c3)ccc21. The number of aromatic nitrogens is 2. The van der Waals surface area contributed by atoms with Gasteiger partial charge in [-0.05, 0) is 216 Å². The van der Waals surface area contributed by atoms with Crippen molar-refractivity contribution >= 4 is 198 Å². The minimum atomic E-state index is -0.184. The zero-order valence-corrected chi connectivity index (χ0v) is 55.5. The molecule has 0 radical (unpaired) electrons. The van der Waals surface area contributed by atoms with Crippen molar-refractivity contribution in [1.29, 1.82) is 0 Å². The predicted molar refractivity (Wildman–Crippen MR) is 436 cm³/mol. The van der Waals surface area contributed by atoms with Gasteiger partial charge in [-0.3, -0.25) is 0 Å². The van der Waals surface area contributed by atoms with Gasteiger partial charge in [0.25, 0.3) is 6.71 Å². The van der Waals surface area contributed by atoms with Crippen LogP contribution in [0.15, 0.2) is 346 Å².